The van der Waals surface area contributed by atoms with Gasteiger partial charge >= 0.3 is 0 Å². The van der Waals surface area contributed by atoms with Crippen LogP contribution in [0, 0.1) is 0 Å². The molecule has 0 bridgehead atoms. The average molecular weight is 380 g/mol. The van der Waals surface area contributed by atoms with Crippen LogP contribution in [0.1, 0.15) is 24.6 Å². The number of H-pyrrole nitrogens is 1. The Morgan fingerprint density at radius 3 is 3.00 bits per heavy atom. The quantitative estimate of drug-likeness (QED) is 0.616. The number of benzene rings is 1. The molecular formula is C17H18ClN3O3S. The molecule has 0 saturated carbocycles. The molecule has 1 aliphatic carbocycles. The number of ether oxygens (including phenoxy) is 1. The fourth-order valence-corrected chi connectivity index (χ4v) is 3.70. The highest BCUT2D eigenvalue weighted by Gasteiger charge is 2.21. The van der Waals surface area contributed by atoms with E-state index < -0.39 is 5.25 Å². The number of methoxy groups -OCH3 is 1. The van der Waals surface area contributed by atoms with E-state index in [9.17, 15) is 9.59 Å². The highest BCUT2D eigenvalue weighted by molar-refractivity contribution is 8.00. The maximum absolute atomic E-state index is 12.5. The summed E-state index contributed by atoms with van der Waals surface area (Å²) in [4.78, 5) is 31.8. The molecule has 6 nitrogen and oxygen atoms in total. The fourth-order valence-electron chi connectivity index (χ4n) is 2.71. The third-order valence-electron chi connectivity index (χ3n) is 4.00. The van der Waals surface area contributed by atoms with Gasteiger partial charge in [0.15, 0.2) is 5.16 Å². The molecule has 8 heteroatoms. The molecule has 25 heavy (non-hydrogen) atoms. The first-order valence-corrected chi connectivity index (χ1v) is 9.17. The minimum atomic E-state index is -0.453. The molecule has 2 aromatic rings. The summed E-state index contributed by atoms with van der Waals surface area (Å²) >= 11 is 7.19. The third kappa shape index (κ3) is 3.99. The van der Waals surface area contributed by atoms with Gasteiger partial charge in [0, 0.05) is 10.6 Å². The number of hydrogen-bond donors (Lipinski definition) is 2. The summed E-state index contributed by atoms with van der Waals surface area (Å²) in [7, 11) is 1.52. The number of aromatic amines is 1. The lowest BCUT2D eigenvalue weighted by Crippen LogP contribution is -2.24. The van der Waals surface area contributed by atoms with Crippen molar-refractivity contribution < 1.29 is 9.53 Å². The van der Waals surface area contributed by atoms with Crippen LogP contribution in [-0.4, -0.2) is 28.2 Å². The summed E-state index contributed by atoms with van der Waals surface area (Å²) in [5.74, 6) is 0.299. The van der Waals surface area contributed by atoms with E-state index in [0.29, 0.717) is 21.6 Å². The third-order valence-corrected chi connectivity index (χ3v) is 5.22. The zero-order valence-corrected chi connectivity index (χ0v) is 15.5. The molecule has 0 aliphatic heterocycles. The van der Waals surface area contributed by atoms with E-state index in [0.717, 1.165) is 30.5 Å². The Hall–Kier alpha value is -1.99. The van der Waals surface area contributed by atoms with Gasteiger partial charge in [-0.2, -0.15) is 0 Å². The van der Waals surface area contributed by atoms with E-state index >= 15 is 0 Å². The SMILES string of the molecule is COc1ccc(Cl)cc1NC(=O)C(C)Sc1nc2c(c(=O)[nH]1)CCC2. The summed E-state index contributed by atoms with van der Waals surface area (Å²) in [6, 6.07) is 5.01. The van der Waals surface area contributed by atoms with Crippen molar-refractivity contribution in [2.45, 2.75) is 36.6 Å². The van der Waals surface area contributed by atoms with E-state index in [1.807, 2.05) is 0 Å². The number of anilines is 1. The Morgan fingerprint density at radius 1 is 1.44 bits per heavy atom. The lowest BCUT2D eigenvalue weighted by atomic mass is 10.3. The Labute approximate surface area is 154 Å². The smallest absolute Gasteiger partial charge is 0.254 e. The number of nitrogens with zero attached hydrogens (tertiary/aromatic N) is 1. The van der Waals surface area contributed by atoms with Crippen LogP contribution in [0.3, 0.4) is 0 Å². The van der Waals surface area contributed by atoms with Crippen LogP contribution in [0.4, 0.5) is 5.69 Å². The summed E-state index contributed by atoms with van der Waals surface area (Å²) < 4.78 is 5.23. The van der Waals surface area contributed by atoms with E-state index in [-0.39, 0.29) is 11.5 Å². The van der Waals surface area contributed by atoms with Crippen LogP contribution < -0.4 is 15.6 Å². The van der Waals surface area contributed by atoms with Crippen molar-refractivity contribution in [3.63, 3.8) is 0 Å². The summed E-state index contributed by atoms with van der Waals surface area (Å²) in [6.07, 6.45) is 2.53. The second kappa shape index (κ2) is 7.49. The van der Waals surface area contributed by atoms with Gasteiger partial charge in [0.2, 0.25) is 5.91 Å². The highest BCUT2D eigenvalue weighted by atomic mass is 35.5. The normalized spacial score (nSPS) is 14.0. The van der Waals surface area contributed by atoms with Gasteiger partial charge in [-0.25, -0.2) is 4.98 Å². The molecule has 3 rings (SSSR count). The minimum Gasteiger partial charge on any atom is -0.495 e. The number of fused-ring (bicyclic) bond motifs is 1. The first-order chi connectivity index (χ1) is 12.0. The van der Waals surface area contributed by atoms with Crippen LogP contribution >= 0.6 is 23.4 Å². The number of hydrogen-bond acceptors (Lipinski definition) is 5. The molecular weight excluding hydrogens is 362 g/mol. The number of nitrogens with one attached hydrogen (secondary N) is 2. The van der Waals surface area contributed by atoms with Crippen molar-refractivity contribution in [2.75, 3.05) is 12.4 Å². The summed E-state index contributed by atoms with van der Waals surface area (Å²) in [6.45, 7) is 1.75. The van der Waals surface area contributed by atoms with Gasteiger partial charge in [0.1, 0.15) is 5.75 Å². The molecule has 132 valence electrons. The van der Waals surface area contributed by atoms with Gasteiger partial charge in [-0.1, -0.05) is 23.4 Å². The van der Waals surface area contributed by atoms with Crippen LogP contribution in [0.2, 0.25) is 5.02 Å². The minimum absolute atomic E-state index is 0.103. The maximum atomic E-state index is 12.5. The maximum Gasteiger partial charge on any atom is 0.254 e. The van der Waals surface area contributed by atoms with Crippen molar-refractivity contribution in [2.24, 2.45) is 0 Å². The molecule has 1 unspecified atom stereocenters. The number of halogens is 1. The van der Waals surface area contributed by atoms with Gasteiger partial charge in [-0.15, -0.1) is 0 Å². The highest BCUT2D eigenvalue weighted by Crippen LogP contribution is 2.29. The van der Waals surface area contributed by atoms with E-state index in [1.54, 1.807) is 25.1 Å². The largest absolute Gasteiger partial charge is 0.495 e. The molecule has 0 saturated heterocycles. The Morgan fingerprint density at radius 2 is 2.24 bits per heavy atom. The summed E-state index contributed by atoms with van der Waals surface area (Å²) in [5.41, 5.74) is 2.01. The van der Waals surface area contributed by atoms with E-state index in [1.165, 1.54) is 18.9 Å². The number of carbonyl (C=O) groups excluding carboxylic acids is 1. The Balaban J connectivity index is 1.72. The van der Waals surface area contributed by atoms with Crippen LogP contribution in [0.5, 0.6) is 5.75 Å². The lowest BCUT2D eigenvalue weighted by molar-refractivity contribution is -0.115. The van der Waals surface area contributed by atoms with Crippen molar-refractivity contribution in [3.8, 4) is 5.75 Å². The average Bonchev–Trinajstić information content (AvgIpc) is 3.04. The van der Waals surface area contributed by atoms with Crippen molar-refractivity contribution in [3.05, 3.63) is 44.8 Å². The molecule has 2 N–H and O–H groups in total. The Bertz CT molecular complexity index is 869. The van der Waals surface area contributed by atoms with Gasteiger partial charge in [0.05, 0.1) is 23.7 Å². The molecule has 1 amide bonds. The van der Waals surface area contributed by atoms with Crippen molar-refractivity contribution >= 4 is 35.0 Å². The molecule has 1 aromatic heterocycles. The lowest BCUT2D eigenvalue weighted by Gasteiger charge is -2.14. The topological polar surface area (TPSA) is 84.1 Å². The van der Waals surface area contributed by atoms with Gasteiger partial charge in [-0.3, -0.25) is 9.59 Å². The van der Waals surface area contributed by atoms with Crippen LogP contribution in [0.15, 0.2) is 28.2 Å². The number of thioether (sulfide) groups is 1. The number of carbonyl (C=O) groups is 1. The molecule has 1 aromatic carbocycles. The van der Waals surface area contributed by atoms with Crippen LogP contribution in [0.25, 0.3) is 0 Å². The predicted octanol–water partition coefficient (Wildman–Crippen LogP) is 3.04. The number of rotatable bonds is 5. The fraction of sp³-hybridized carbons (Fsp3) is 0.353. The number of amides is 1. The molecule has 0 spiro atoms. The van der Waals surface area contributed by atoms with E-state index in [4.69, 9.17) is 16.3 Å². The van der Waals surface area contributed by atoms with Gasteiger partial charge in [-0.05, 0) is 44.4 Å². The second-order valence-electron chi connectivity index (χ2n) is 5.74. The van der Waals surface area contributed by atoms with Gasteiger partial charge in [0.25, 0.3) is 5.56 Å². The number of aromatic nitrogens is 2. The zero-order chi connectivity index (χ0) is 18.0. The summed E-state index contributed by atoms with van der Waals surface area (Å²) in [5, 5.41) is 3.31. The first kappa shape index (κ1) is 17.8. The molecule has 0 fully saturated rings. The monoisotopic (exact) mass is 379 g/mol. The zero-order valence-electron chi connectivity index (χ0n) is 13.9. The van der Waals surface area contributed by atoms with Gasteiger partial charge < -0.3 is 15.0 Å². The van der Waals surface area contributed by atoms with E-state index in [2.05, 4.69) is 15.3 Å². The van der Waals surface area contributed by atoms with Crippen molar-refractivity contribution in [1.29, 1.82) is 0 Å². The Kier molecular flexibility index (Phi) is 5.34. The molecule has 1 atom stereocenters. The second-order valence-corrected chi connectivity index (χ2v) is 7.51. The molecule has 1 heterocycles. The van der Waals surface area contributed by atoms with Crippen molar-refractivity contribution in [1.82, 2.24) is 9.97 Å². The van der Waals surface area contributed by atoms with Crippen LogP contribution in [-0.2, 0) is 17.6 Å². The predicted molar refractivity (Wildman–Crippen MR) is 98.8 cm³/mol. The molecule has 1 aliphatic rings. The molecule has 0 radical (unpaired) electrons. The number of aryl methyl sites for hydroxylation is 1. The standard InChI is InChI=1S/C17H18ClN3O3S/c1-9(15(22)19-13-8-10(18)6-7-14(13)24-2)25-17-20-12-5-3-4-11(12)16(23)21-17/h6-9H,3-5H2,1-2H3,(H,19,22)(H,20,21,23). The first-order valence-electron chi connectivity index (χ1n) is 7.91.